The van der Waals surface area contributed by atoms with Crippen LogP contribution in [0.25, 0.3) is 0 Å². The molecular weight excluding hydrogens is 284 g/mol. The molecule has 1 aliphatic heterocycles. The second-order valence-electron chi connectivity index (χ2n) is 5.54. The zero-order chi connectivity index (χ0) is 15.5. The van der Waals surface area contributed by atoms with Gasteiger partial charge in [0.05, 0.1) is 19.3 Å². The number of aromatic nitrogens is 5. The number of methoxy groups -OCH3 is 1. The summed E-state index contributed by atoms with van der Waals surface area (Å²) < 4.78 is 8.77. The third-order valence-electron chi connectivity index (χ3n) is 3.80. The standard InChI is InChI=1S/C14H20N6O2/c1-19-9-15-6-11(19)5-14(21)16-10-3-4-13-17-12(8-22-2)18-20(13)7-10/h6,9-10H,3-5,7-8H2,1-2H3,(H,16,21). The summed E-state index contributed by atoms with van der Waals surface area (Å²) >= 11 is 0. The number of amides is 1. The Morgan fingerprint density at radius 2 is 2.41 bits per heavy atom. The first-order valence-corrected chi connectivity index (χ1v) is 7.32. The fraction of sp³-hybridized carbons (Fsp3) is 0.571. The van der Waals surface area contributed by atoms with Crippen LogP contribution in [0, 0.1) is 0 Å². The van der Waals surface area contributed by atoms with E-state index in [0.29, 0.717) is 25.4 Å². The van der Waals surface area contributed by atoms with Crippen molar-refractivity contribution < 1.29 is 9.53 Å². The zero-order valence-electron chi connectivity index (χ0n) is 12.8. The van der Waals surface area contributed by atoms with E-state index in [-0.39, 0.29) is 11.9 Å². The summed E-state index contributed by atoms with van der Waals surface area (Å²) in [5.41, 5.74) is 0.900. The summed E-state index contributed by atoms with van der Waals surface area (Å²) in [5, 5.41) is 7.47. The van der Waals surface area contributed by atoms with Gasteiger partial charge >= 0.3 is 0 Å². The highest BCUT2D eigenvalue weighted by Crippen LogP contribution is 2.13. The van der Waals surface area contributed by atoms with E-state index < -0.39 is 0 Å². The van der Waals surface area contributed by atoms with Crippen LogP contribution in [-0.4, -0.2) is 43.4 Å². The molecule has 8 heteroatoms. The fourth-order valence-electron chi connectivity index (χ4n) is 2.67. The highest BCUT2D eigenvalue weighted by molar-refractivity contribution is 5.78. The number of fused-ring (bicyclic) bond motifs is 1. The fourth-order valence-corrected chi connectivity index (χ4v) is 2.67. The van der Waals surface area contributed by atoms with E-state index in [9.17, 15) is 4.79 Å². The summed E-state index contributed by atoms with van der Waals surface area (Å²) in [6, 6.07) is 0.0883. The number of hydrogen-bond donors (Lipinski definition) is 1. The van der Waals surface area contributed by atoms with E-state index in [1.807, 2.05) is 16.3 Å². The van der Waals surface area contributed by atoms with E-state index in [0.717, 1.165) is 24.4 Å². The van der Waals surface area contributed by atoms with Crippen molar-refractivity contribution in [2.24, 2.45) is 7.05 Å². The minimum absolute atomic E-state index is 0.00859. The van der Waals surface area contributed by atoms with Crippen molar-refractivity contribution in [3.63, 3.8) is 0 Å². The van der Waals surface area contributed by atoms with E-state index in [1.165, 1.54) is 0 Å². The molecular formula is C14H20N6O2. The van der Waals surface area contributed by atoms with Gasteiger partial charge in [-0.2, -0.15) is 5.10 Å². The molecule has 0 saturated carbocycles. The maximum atomic E-state index is 12.1. The normalized spacial score (nSPS) is 17.3. The molecule has 8 nitrogen and oxygen atoms in total. The van der Waals surface area contributed by atoms with Crippen molar-refractivity contribution in [3.05, 3.63) is 29.9 Å². The molecule has 0 fully saturated rings. The molecule has 0 aliphatic carbocycles. The molecule has 22 heavy (non-hydrogen) atoms. The van der Waals surface area contributed by atoms with Gasteiger partial charge in [0.1, 0.15) is 12.4 Å². The molecule has 0 saturated heterocycles. The molecule has 1 amide bonds. The number of ether oxygens (including phenoxy) is 1. The first-order chi connectivity index (χ1) is 10.7. The second-order valence-corrected chi connectivity index (χ2v) is 5.54. The SMILES string of the molecule is COCc1nc2n(n1)CC(NC(=O)Cc1cncn1C)CC2. The summed E-state index contributed by atoms with van der Waals surface area (Å²) in [6.45, 7) is 1.07. The maximum absolute atomic E-state index is 12.1. The summed E-state index contributed by atoms with van der Waals surface area (Å²) in [6.07, 6.45) is 5.44. The van der Waals surface area contributed by atoms with E-state index >= 15 is 0 Å². The van der Waals surface area contributed by atoms with Gasteiger partial charge in [-0.25, -0.2) is 14.6 Å². The quantitative estimate of drug-likeness (QED) is 0.829. The Morgan fingerprint density at radius 3 is 3.14 bits per heavy atom. The predicted octanol–water partition coefficient (Wildman–Crippen LogP) is -0.168. The van der Waals surface area contributed by atoms with Crippen LogP contribution in [0.2, 0.25) is 0 Å². The van der Waals surface area contributed by atoms with Crippen LogP contribution in [0.15, 0.2) is 12.5 Å². The highest BCUT2D eigenvalue weighted by Gasteiger charge is 2.23. The Labute approximate surface area is 128 Å². The molecule has 2 aromatic heterocycles. The van der Waals surface area contributed by atoms with Crippen LogP contribution in [0.4, 0.5) is 0 Å². The molecule has 1 atom stereocenters. The van der Waals surface area contributed by atoms with Crippen molar-refractivity contribution in [2.75, 3.05) is 7.11 Å². The smallest absolute Gasteiger partial charge is 0.226 e. The molecule has 0 bridgehead atoms. The first kappa shape index (κ1) is 14.7. The monoisotopic (exact) mass is 304 g/mol. The third-order valence-corrected chi connectivity index (χ3v) is 3.80. The van der Waals surface area contributed by atoms with Crippen molar-refractivity contribution in [3.8, 4) is 0 Å². The van der Waals surface area contributed by atoms with Gasteiger partial charge in [-0.3, -0.25) is 4.79 Å². The molecule has 118 valence electrons. The molecule has 0 spiro atoms. The van der Waals surface area contributed by atoms with Gasteiger partial charge in [0.25, 0.3) is 0 Å². The van der Waals surface area contributed by atoms with Crippen LogP contribution in [0.1, 0.15) is 23.8 Å². The van der Waals surface area contributed by atoms with E-state index in [4.69, 9.17) is 4.74 Å². The summed E-state index contributed by atoms with van der Waals surface area (Å²) in [4.78, 5) is 20.6. The topological polar surface area (TPSA) is 86.9 Å². The Hall–Kier alpha value is -2.22. The molecule has 1 unspecified atom stereocenters. The second kappa shape index (κ2) is 6.27. The number of nitrogens with zero attached hydrogens (tertiary/aromatic N) is 5. The van der Waals surface area contributed by atoms with Crippen LogP contribution < -0.4 is 5.32 Å². The average Bonchev–Trinajstić information content (AvgIpc) is 3.05. The molecule has 1 aliphatic rings. The average molecular weight is 304 g/mol. The lowest BCUT2D eigenvalue weighted by Crippen LogP contribution is -2.42. The molecule has 3 heterocycles. The molecule has 0 aromatic carbocycles. The minimum Gasteiger partial charge on any atom is -0.377 e. The zero-order valence-corrected chi connectivity index (χ0v) is 12.8. The largest absolute Gasteiger partial charge is 0.377 e. The molecule has 1 N–H and O–H groups in total. The lowest BCUT2D eigenvalue weighted by Gasteiger charge is -2.23. The Bertz CT molecular complexity index is 662. The summed E-state index contributed by atoms with van der Waals surface area (Å²) in [5.74, 6) is 1.66. The van der Waals surface area contributed by atoms with Gasteiger partial charge in [-0.15, -0.1) is 0 Å². The van der Waals surface area contributed by atoms with Crippen molar-refractivity contribution in [1.82, 2.24) is 29.6 Å². The highest BCUT2D eigenvalue weighted by atomic mass is 16.5. The number of carbonyl (C=O) groups excluding carboxylic acids is 1. The van der Waals surface area contributed by atoms with Gasteiger partial charge in [0.2, 0.25) is 5.91 Å². The summed E-state index contributed by atoms with van der Waals surface area (Å²) in [7, 11) is 3.51. The lowest BCUT2D eigenvalue weighted by molar-refractivity contribution is -0.121. The van der Waals surface area contributed by atoms with Crippen LogP contribution >= 0.6 is 0 Å². The van der Waals surface area contributed by atoms with Gasteiger partial charge in [-0.1, -0.05) is 0 Å². The Kier molecular flexibility index (Phi) is 4.19. The van der Waals surface area contributed by atoms with Crippen molar-refractivity contribution in [1.29, 1.82) is 0 Å². The molecule has 2 aromatic rings. The van der Waals surface area contributed by atoms with Crippen LogP contribution in [0.3, 0.4) is 0 Å². The minimum atomic E-state index is 0.00859. The van der Waals surface area contributed by atoms with Gasteiger partial charge < -0.3 is 14.6 Å². The van der Waals surface area contributed by atoms with Gasteiger partial charge in [-0.05, 0) is 6.42 Å². The van der Waals surface area contributed by atoms with Crippen LogP contribution in [0.5, 0.6) is 0 Å². The van der Waals surface area contributed by atoms with Crippen LogP contribution in [-0.2, 0) is 42.6 Å². The Morgan fingerprint density at radius 1 is 1.55 bits per heavy atom. The number of carbonyl (C=O) groups is 1. The predicted molar refractivity (Wildman–Crippen MR) is 77.9 cm³/mol. The number of nitrogens with one attached hydrogen (secondary N) is 1. The number of rotatable bonds is 5. The first-order valence-electron chi connectivity index (χ1n) is 7.32. The molecule has 0 radical (unpaired) electrons. The molecule has 3 rings (SSSR count). The van der Waals surface area contributed by atoms with Gasteiger partial charge in [0.15, 0.2) is 5.82 Å². The van der Waals surface area contributed by atoms with Crippen molar-refractivity contribution in [2.45, 2.75) is 38.5 Å². The Balaban J connectivity index is 1.58. The van der Waals surface area contributed by atoms with Gasteiger partial charge in [0, 0.05) is 38.5 Å². The third kappa shape index (κ3) is 3.16. The van der Waals surface area contributed by atoms with E-state index in [1.54, 1.807) is 19.6 Å². The number of hydrogen-bond acceptors (Lipinski definition) is 5. The number of aryl methyl sites for hydroxylation is 2. The number of imidazole rings is 1. The maximum Gasteiger partial charge on any atom is 0.226 e. The lowest BCUT2D eigenvalue weighted by atomic mass is 10.1. The van der Waals surface area contributed by atoms with Crippen molar-refractivity contribution >= 4 is 5.91 Å². The van der Waals surface area contributed by atoms with E-state index in [2.05, 4.69) is 20.4 Å².